The average molecular weight is 563 g/mol. The summed E-state index contributed by atoms with van der Waals surface area (Å²) >= 11 is 11.9. The zero-order valence-electron chi connectivity index (χ0n) is 16.0. The molecule has 0 aliphatic heterocycles. The van der Waals surface area contributed by atoms with Crippen LogP contribution in [0, 0.1) is 0 Å². The topological polar surface area (TPSA) is 79.5 Å². The van der Waals surface area contributed by atoms with Gasteiger partial charge in [-0.25, -0.2) is 0 Å². The molecule has 0 spiro atoms. The van der Waals surface area contributed by atoms with Crippen LogP contribution in [0.5, 0.6) is 5.75 Å². The van der Waals surface area contributed by atoms with Gasteiger partial charge in [-0.15, -0.1) is 0 Å². The van der Waals surface area contributed by atoms with E-state index in [0.717, 1.165) is 4.47 Å². The fourth-order valence-electron chi connectivity index (χ4n) is 2.56. The molecule has 9 heteroatoms. The molecule has 3 N–H and O–H groups in total. The third-order valence-corrected chi connectivity index (χ3v) is 5.27. The summed E-state index contributed by atoms with van der Waals surface area (Å²) in [6.07, 6.45) is 0. The van der Waals surface area contributed by atoms with Gasteiger partial charge < -0.3 is 15.4 Å². The lowest BCUT2D eigenvalue weighted by molar-refractivity contribution is -0.121. The Balaban J connectivity index is 1.57. The van der Waals surface area contributed by atoms with Gasteiger partial charge in [-0.3, -0.25) is 14.9 Å². The van der Waals surface area contributed by atoms with Crippen LogP contribution in [0.2, 0.25) is 0 Å². The number of anilines is 2. The number of ether oxygens (including phenoxy) is 1. The summed E-state index contributed by atoms with van der Waals surface area (Å²) in [6.45, 7) is -0.224. The number of para-hydroxylation sites is 2. The van der Waals surface area contributed by atoms with Crippen molar-refractivity contribution in [1.29, 1.82) is 0 Å². The van der Waals surface area contributed by atoms with E-state index >= 15 is 0 Å². The molecule has 0 radical (unpaired) electrons. The zero-order chi connectivity index (χ0) is 22.2. The number of carbonyl (C=O) groups is 2. The number of carbonyl (C=O) groups excluding carboxylic acids is 2. The molecule has 0 aliphatic rings. The van der Waals surface area contributed by atoms with Gasteiger partial charge in [0.2, 0.25) is 0 Å². The second-order valence-electron chi connectivity index (χ2n) is 6.23. The van der Waals surface area contributed by atoms with Crippen LogP contribution in [-0.4, -0.2) is 23.5 Å². The lowest BCUT2D eigenvalue weighted by atomic mass is 10.1. The van der Waals surface area contributed by atoms with E-state index in [2.05, 4.69) is 47.8 Å². The molecule has 0 aromatic heterocycles. The Hall–Kier alpha value is -2.75. The van der Waals surface area contributed by atoms with Gasteiger partial charge in [-0.2, -0.15) is 0 Å². The summed E-state index contributed by atoms with van der Waals surface area (Å²) in [5.41, 5.74) is 1.53. The van der Waals surface area contributed by atoms with E-state index < -0.39 is 5.91 Å². The van der Waals surface area contributed by atoms with Gasteiger partial charge in [0.1, 0.15) is 5.75 Å². The van der Waals surface area contributed by atoms with E-state index in [4.69, 9.17) is 17.0 Å². The molecule has 0 aliphatic carbocycles. The van der Waals surface area contributed by atoms with Crippen molar-refractivity contribution in [1.82, 2.24) is 5.32 Å². The number of thiocarbonyl (C=S) groups is 1. The minimum absolute atomic E-state index is 0.0587. The Labute approximate surface area is 201 Å². The highest BCUT2D eigenvalue weighted by Crippen LogP contribution is 2.28. The highest BCUT2D eigenvalue weighted by Gasteiger charge is 2.14. The predicted octanol–water partition coefficient (Wildman–Crippen LogP) is 5.36. The molecule has 0 unspecified atom stereocenters. The first kappa shape index (κ1) is 22.9. The minimum Gasteiger partial charge on any atom is -0.483 e. The van der Waals surface area contributed by atoms with Crippen molar-refractivity contribution in [3.05, 3.63) is 87.3 Å². The molecule has 6 nitrogen and oxygen atoms in total. The van der Waals surface area contributed by atoms with E-state index in [9.17, 15) is 9.59 Å². The fraction of sp³-hybridized carbons (Fsp3) is 0.0455. The molecule has 3 aromatic carbocycles. The van der Waals surface area contributed by atoms with Crippen molar-refractivity contribution >= 4 is 72.4 Å². The molecule has 31 heavy (non-hydrogen) atoms. The first-order chi connectivity index (χ1) is 14.9. The van der Waals surface area contributed by atoms with Gasteiger partial charge in [0.15, 0.2) is 11.7 Å². The zero-order valence-corrected chi connectivity index (χ0v) is 20.0. The van der Waals surface area contributed by atoms with Crippen LogP contribution in [0.15, 0.2) is 81.7 Å². The molecule has 0 atom stereocenters. The summed E-state index contributed by atoms with van der Waals surface area (Å²) in [5, 5.41) is 8.32. The van der Waals surface area contributed by atoms with E-state index in [-0.39, 0.29) is 17.6 Å². The standard InChI is InChI=1S/C22H17Br2N3O3S/c23-14-10-11-19(17(24)12-14)30-13-20(28)27-22(31)26-18-9-5-4-8-16(18)21(29)25-15-6-2-1-3-7-15/h1-12H,13H2,(H,25,29)(H2,26,27,28,31). The summed E-state index contributed by atoms with van der Waals surface area (Å²) in [7, 11) is 0. The van der Waals surface area contributed by atoms with Crippen molar-refractivity contribution in [2.75, 3.05) is 17.2 Å². The summed E-state index contributed by atoms with van der Waals surface area (Å²) in [4.78, 5) is 24.8. The maximum Gasteiger partial charge on any atom is 0.264 e. The SMILES string of the molecule is O=C(COc1ccc(Br)cc1Br)NC(=S)Nc1ccccc1C(=O)Nc1ccccc1. The number of halogens is 2. The molecule has 0 saturated carbocycles. The Morgan fingerprint density at radius 3 is 2.35 bits per heavy atom. The molecule has 3 aromatic rings. The van der Waals surface area contributed by atoms with Crippen LogP contribution < -0.4 is 20.7 Å². The van der Waals surface area contributed by atoms with Crippen molar-refractivity contribution in [2.45, 2.75) is 0 Å². The Morgan fingerprint density at radius 1 is 0.903 bits per heavy atom. The fourth-order valence-corrected chi connectivity index (χ4v) is 3.95. The molecular weight excluding hydrogens is 546 g/mol. The second kappa shape index (κ2) is 11.0. The first-order valence-corrected chi connectivity index (χ1v) is 11.1. The maximum absolute atomic E-state index is 12.6. The summed E-state index contributed by atoms with van der Waals surface area (Å²) in [5.74, 6) is -0.203. The number of amides is 2. The van der Waals surface area contributed by atoms with E-state index in [0.29, 0.717) is 27.2 Å². The Morgan fingerprint density at radius 2 is 1.61 bits per heavy atom. The normalized spacial score (nSPS) is 10.1. The minimum atomic E-state index is -0.432. The van der Waals surface area contributed by atoms with Gasteiger partial charge in [0.25, 0.3) is 11.8 Å². The Bertz CT molecular complexity index is 1110. The van der Waals surface area contributed by atoms with E-state index in [1.54, 1.807) is 42.5 Å². The lowest BCUT2D eigenvalue weighted by Crippen LogP contribution is -2.37. The lowest BCUT2D eigenvalue weighted by Gasteiger charge is -2.14. The van der Waals surface area contributed by atoms with Crippen LogP contribution in [0.1, 0.15) is 10.4 Å². The molecular formula is C22H17Br2N3O3S. The van der Waals surface area contributed by atoms with Gasteiger partial charge in [-0.1, -0.05) is 46.3 Å². The maximum atomic E-state index is 12.6. The molecule has 2 amide bonds. The van der Waals surface area contributed by atoms with E-state index in [1.165, 1.54) is 0 Å². The van der Waals surface area contributed by atoms with Crippen LogP contribution in [0.4, 0.5) is 11.4 Å². The number of nitrogens with one attached hydrogen (secondary N) is 3. The first-order valence-electron chi connectivity index (χ1n) is 9.06. The Kier molecular flexibility index (Phi) is 8.16. The molecule has 0 bridgehead atoms. The van der Waals surface area contributed by atoms with Crippen LogP contribution in [0.25, 0.3) is 0 Å². The monoisotopic (exact) mass is 561 g/mol. The van der Waals surface area contributed by atoms with Crippen LogP contribution >= 0.6 is 44.1 Å². The van der Waals surface area contributed by atoms with Crippen LogP contribution in [0.3, 0.4) is 0 Å². The quantitative estimate of drug-likeness (QED) is 0.353. The third-order valence-electron chi connectivity index (χ3n) is 3.96. The number of rotatable bonds is 6. The van der Waals surface area contributed by atoms with Gasteiger partial charge in [0.05, 0.1) is 15.7 Å². The van der Waals surface area contributed by atoms with Crippen molar-refractivity contribution < 1.29 is 14.3 Å². The predicted molar refractivity (Wildman–Crippen MR) is 133 cm³/mol. The number of benzene rings is 3. The highest BCUT2D eigenvalue weighted by molar-refractivity contribution is 9.11. The van der Waals surface area contributed by atoms with Crippen molar-refractivity contribution in [3.8, 4) is 5.75 Å². The molecule has 0 fully saturated rings. The average Bonchev–Trinajstić information content (AvgIpc) is 2.74. The molecule has 158 valence electrons. The largest absolute Gasteiger partial charge is 0.483 e. The third kappa shape index (κ3) is 6.88. The summed E-state index contributed by atoms with van der Waals surface area (Å²) in [6, 6.07) is 21.4. The van der Waals surface area contributed by atoms with Crippen LogP contribution in [-0.2, 0) is 4.79 Å². The molecule has 3 rings (SSSR count). The smallest absolute Gasteiger partial charge is 0.264 e. The van der Waals surface area contributed by atoms with Gasteiger partial charge >= 0.3 is 0 Å². The molecule has 0 saturated heterocycles. The summed E-state index contributed by atoms with van der Waals surface area (Å²) < 4.78 is 7.10. The van der Waals surface area contributed by atoms with Gasteiger partial charge in [0, 0.05) is 10.2 Å². The number of hydrogen-bond donors (Lipinski definition) is 3. The number of hydrogen-bond acceptors (Lipinski definition) is 4. The van der Waals surface area contributed by atoms with Crippen molar-refractivity contribution in [2.24, 2.45) is 0 Å². The second-order valence-corrected chi connectivity index (χ2v) is 8.41. The van der Waals surface area contributed by atoms with Gasteiger partial charge in [-0.05, 0) is 70.6 Å². The highest BCUT2D eigenvalue weighted by atomic mass is 79.9. The van der Waals surface area contributed by atoms with Crippen molar-refractivity contribution in [3.63, 3.8) is 0 Å². The molecule has 0 heterocycles. The van der Waals surface area contributed by atoms with E-state index in [1.807, 2.05) is 30.3 Å².